The van der Waals surface area contributed by atoms with Crippen LogP contribution in [0.15, 0.2) is 48.5 Å². The number of benzene rings is 2. The maximum Gasteiger partial charge on any atom is 0.408 e. The summed E-state index contributed by atoms with van der Waals surface area (Å²) in [5.41, 5.74) is 3.91. The number of nitrogens with one attached hydrogen (secondary N) is 2. The van der Waals surface area contributed by atoms with Crippen LogP contribution in [-0.4, -0.2) is 24.6 Å². The Balaban J connectivity index is 2.06. The van der Waals surface area contributed by atoms with Crippen molar-refractivity contribution < 1.29 is 14.3 Å². The molecule has 2 aromatic rings. The van der Waals surface area contributed by atoms with Gasteiger partial charge in [-0.1, -0.05) is 48.5 Å². The van der Waals surface area contributed by atoms with Gasteiger partial charge in [-0.2, -0.15) is 5.26 Å². The molecule has 2 rings (SSSR count). The molecule has 2 aromatic carbocycles. The van der Waals surface area contributed by atoms with E-state index in [1.165, 1.54) is 0 Å². The van der Waals surface area contributed by atoms with Gasteiger partial charge in [-0.25, -0.2) is 4.79 Å². The summed E-state index contributed by atoms with van der Waals surface area (Å²) >= 11 is 0. The first-order valence-electron chi connectivity index (χ1n) is 8.68. The first-order valence-corrected chi connectivity index (χ1v) is 8.68. The Morgan fingerprint density at radius 2 is 1.74 bits per heavy atom. The molecule has 0 heterocycles. The molecule has 2 N–H and O–H groups in total. The van der Waals surface area contributed by atoms with Gasteiger partial charge in [-0.05, 0) is 36.1 Å². The van der Waals surface area contributed by atoms with Crippen LogP contribution in [0, 0.1) is 25.2 Å². The lowest BCUT2D eigenvalue weighted by Crippen LogP contribution is -2.48. The molecule has 0 aliphatic carbocycles. The molecule has 27 heavy (non-hydrogen) atoms. The molecule has 0 saturated heterocycles. The van der Waals surface area contributed by atoms with Gasteiger partial charge in [0.1, 0.15) is 19.2 Å². The normalized spacial score (nSPS) is 11.1. The van der Waals surface area contributed by atoms with E-state index in [0.29, 0.717) is 6.42 Å². The Kier molecular flexibility index (Phi) is 7.38. The van der Waals surface area contributed by atoms with Crippen LogP contribution < -0.4 is 10.6 Å². The van der Waals surface area contributed by atoms with Crippen molar-refractivity contribution in [1.82, 2.24) is 10.6 Å². The third kappa shape index (κ3) is 6.15. The molecule has 140 valence electrons. The molecule has 0 bridgehead atoms. The number of nitrogens with zero attached hydrogens (tertiary/aromatic N) is 1. The molecule has 0 aromatic heterocycles. The number of amides is 2. The van der Waals surface area contributed by atoms with E-state index in [0.717, 1.165) is 22.3 Å². The van der Waals surface area contributed by atoms with Crippen molar-refractivity contribution >= 4 is 12.0 Å². The summed E-state index contributed by atoms with van der Waals surface area (Å²) in [7, 11) is 0. The topological polar surface area (TPSA) is 91.2 Å². The van der Waals surface area contributed by atoms with E-state index < -0.39 is 18.0 Å². The minimum atomic E-state index is -0.832. The van der Waals surface area contributed by atoms with Crippen LogP contribution >= 0.6 is 0 Å². The van der Waals surface area contributed by atoms with Gasteiger partial charge in [0.15, 0.2) is 0 Å². The highest BCUT2D eigenvalue weighted by atomic mass is 16.5. The first-order chi connectivity index (χ1) is 13.0. The smallest absolute Gasteiger partial charge is 0.408 e. The summed E-state index contributed by atoms with van der Waals surface area (Å²) in [4.78, 5) is 24.6. The Labute approximate surface area is 159 Å². The van der Waals surface area contributed by atoms with Crippen molar-refractivity contribution in [3.63, 3.8) is 0 Å². The van der Waals surface area contributed by atoms with Gasteiger partial charge in [-0.3, -0.25) is 4.79 Å². The molecule has 6 nitrogen and oxygen atoms in total. The zero-order chi connectivity index (χ0) is 19.6. The van der Waals surface area contributed by atoms with E-state index >= 15 is 0 Å². The zero-order valence-corrected chi connectivity index (χ0v) is 15.5. The summed E-state index contributed by atoms with van der Waals surface area (Å²) in [5, 5.41) is 13.8. The van der Waals surface area contributed by atoms with Gasteiger partial charge in [0.2, 0.25) is 5.91 Å². The van der Waals surface area contributed by atoms with E-state index in [2.05, 4.69) is 10.6 Å². The average Bonchev–Trinajstić information content (AvgIpc) is 2.67. The minimum Gasteiger partial charge on any atom is -0.445 e. The molecule has 1 atom stereocenters. The van der Waals surface area contributed by atoms with E-state index in [9.17, 15) is 9.59 Å². The minimum absolute atomic E-state index is 0.114. The van der Waals surface area contributed by atoms with E-state index in [4.69, 9.17) is 10.00 Å². The Hall–Kier alpha value is -3.33. The van der Waals surface area contributed by atoms with E-state index in [1.807, 2.05) is 68.4 Å². The molecule has 1 unspecified atom stereocenters. The lowest BCUT2D eigenvalue weighted by molar-refractivity contribution is -0.122. The van der Waals surface area contributed by atoms with Gasteiger partial charge < -0.3 is 15.4 Å². The molecule has 0 aliphatic heterocycles. The highest BCUT2D eigenvalue weighted by Crippen LogP contribution is 2.16. The molecule has 0 aliphatic rings. The van der Waals surface area contributed by atoms with E-state index in [-0.39, 0.29) is 13.2 Å². The zero-order valence-electron chi connectivity index (χ0n) is 15.5. The number of hydrogen-bond acceptors (Lipinski definition) is 4. The van der Waals surface area contributed by atoms with Crippen LogP contribution in [0.1, 0.15) is 22.3 Å². The number of alkyl carbamates (subject to hydrolysis) is 1. The number of ether oxygens (including phenoxy) is 1. The number of aryl methyl sites for hydroxylation is 2. The highest BCUT2D eigenvalue weighted by molar-refractivity contribution is 5.86. The second-order valence-corrected chi connectivity index (χ2v) is 6.21. The quantitative estimate of drug-likeness (QED) is 0.738. The van der Waals surface area contributed by atoms with Crippen LogP contribution in [0.5, 0.6) is 0 Å². The van der Waals surface area contributed by atoms with Gasteiger partial charge in [-0.15, -0.1) is 0 Å². The van der Waals surface area contributed by atoms with Crippen molar-refractivity contribution in [3.8, 4) is 6.07 Å². The number of hydrogen-bond donors (Lipinski definition) is 2. The maximum absolute atomic E-state index is 12.4. The molecular formula is C21H23N3O3. The number of carbonyl (C=O) groups is 2. The predicted molar refractivity (Wildman–Crippen MR) is 102 cm³/mol. The lowest BCUT2D eigenvalue weighted by atomic mass is 9.96. The Morgan fingerprint density at radius 1 is 1.07 bits per heavy atom. The van der Waals surface area contributed by atoms with Crippen molar-refractivity contribution in [2.45, 2.75) is 32.9 Å². The van der Waals surface area contributed by atoms with Crippen LogP contribution in [0.2, 0.25) is 0 Å². The van der Waals surface area contributed by atoms with Crippen LogP contribution in [-0.2, 0) is 22.6 Å². The third-order valence-corrected chi connectivity index (χ3v) is 4.22. The fraction of sp³-hybridized carbons (Fsp3) is 0.286. The summed E-state index contributed by atoms with van der Waals surface area (Å²) in [6.07, 6.45) is -0.363. The maximum atomic E-state index is 12.4. The summed E-state index contributed by atoms with van der Waals surface area (Å²) in [6, 6.07) is 16.2. The Bertz CT molecular complexity index is 808. The van der Waals surface area contributed by atoms with Crippen molar-refractivity contribution in [2.75, 3.05) is 6.54 Å². The molecule has 2 amide bonds. The van der Waals surface area contributed by atoms with Crippen molar-refractivity contribution in [2.24, 2.45) is 0 Å². The third-order valence-electron chi connectivity index (χ3n) is 4.22. The van der Waals surface area contributed by atoms with Crippen molar-refractivity contribution in [1.29, 1.82) is 5.26 Å². The average molecular weight is 365 g/mol. The molecule has 0 radical (unpaired) electrons. The highest BCUT2D eigenvalue weighted by Gasteiger charge is 2.23. The predicted octanol–water partition coefficient (Wildman–Crippen LogP) is 2.78. The summed E-state index contributed by atoms with van der Waals surface area (Å²) in [6.45, 7) is 3.91. The van der Waals surface area contributed by atoms with Gasteiger partial charge in [0, 0.05) is 6.42 Å². The number of carbonyl (C=O) groups excluding carboxylic acids is 2. The monoisotopic (exact) mass is 365 g/mol. The lowest BCUT2D eigenvalue weighted by Gasteiger charge is -2.20. The summed E-state index contributed by atoms with van der Waals surface area (Å²) < 4.78 is 5.22. The second-order valence-electron chi connectivity index (χ2n) is 6.21. The molecule has 6 heteroatoms. The summed E-state index contributed by atoms with van der Waals surface area (Å²) in [5.74, 6) is -0.420. The van der Waals surface area contributed by atoms with Crippen molar-refractivity contribution in [3.05, 3.63) is 70.8 Å². The van der Waals surface area contributed by atoms with Gasteiger partial charge in [0.05, 0.1) is 6.07 Å². The van der Waals surface area contributed by atoms with Crippen LogP contribution in [0.25, 0.3) is 0 Å². The fourth-order valence-corrected chi connectivity index (χ4v) is 2.74. The standard InChI is InChI=1S/C21H23N3O3/c1-15-7-6-8-16(2)18(15)13-19(20(25)23-12-11-22)24-21(26)27-14-17-9-4-3-5-10-17/h3-10,19H,12-14H2,1-2H3,(H,23,25)(H,24,26). The van der Waals surface area contributed by atoms with Gasteiger partial charge >= 0.3 is 6.09 Å². The first kappa shape index (κ1) is 20.0. The number of rotatable bonds is 7. The fourth-order valence-electron chi connectivity index (χ4n) is 2.74. The second kappa shape index (κ2) is 9.97. The van der Waals surface area contributed by atoms with Crippen LogP contribution in [0.4, 0.5) is 4.79 Å². The van der Waals surface area contributed by atoms with Crippen LogP contribution in [0.3, 0.4) is 0 Å². The van der Waals surface area contributed by atoms with Gasteiger partial charge in [0.25, 0.3) is 0 Å². The van der Waals surface area contributed by atoms with E-state index in [1.54, 1.807) is 0 Å². The molecular weight excluding hydrogens is 342 g/mol. The largest absolute Gasteiger partial charge is 0.445 e. The SMILES string of the molecule is Cc1cccc(C)c1CC(NC(=O)OCc1ccccc1)C(=O)NCC#N. The Morgan fingerprint density at radius 3 is 2.37 bits per heavy atom. The number of nitriles is 1. The molecule has 0 spiro atoms. The molecule has 0 fully saturated rings. The molecule has 0 saturated carbocycles.